The van der Waals surface area contributed by atoms with E-state index in [0.29, 0.717) is 0 Å². The molecule has 1 N–H and O–H groups in total. The topological polar surface area (TPSA) is 17.0 Å². The van der Waals surface area contributed by atoms with Crippen LogP contribution in [0.15, 0.2) is 188 Å². The minimum Gasteiger partial charge on any atom is -0.355 e. The molecule has 10 rings (SSSR count). The van der Waals surface area contributed by atoms with E-state index in [1.807, 2.05) is 0 Å². The first-order chi connectivity index (χ1) is 24.8. The third-order valence-electron chi connectivity index (χ3n) is 10.1. The Labute approximate surface area is 291 Å². The van der Waals surface area contributed by atoms with E-state index >= 15 is 0 Å². The van der Waals surface area contributed by atoms with Crippen molar-refractivity contribution in [1.29, 1.82) is 0 Å². The van der Waals surface area contributed by atoms with Crippen LogP contribution in [-0.4, -0.2) is 4.57 Å². The second kappa shape index (κ2) is 11.5. The predicted octanol–water partition coefficient (Wildman–Crippen LogP) is 13.2. The summed E-state index contributed by atoms with van der Waals surface area (Å²) in [5.41, 5.74) is 17.7. The Bertz CT molecular complexity index is 2620. The van der Waals surface area contributed by atoms with Gasteiger partial charge in [0.05, 0.1) is 11.0 Å². The first-order valence-corrected chi connectivity index (χ1v) is 17.2. The summed E-state index contributed by atoms with van der Waals surface area (Å²) >= 11 is 0. The molecule has 0 fully saturated rings. The molecule has 234 valence electrons. The van der Waals surface area contributed by atoms with E-state index in [2.05, 4.69) is 198 Å². The number of rotatable bonds is 3. The number of nitrogens with one attached hydrogen (secondary N) is 1. The molecule has 1 aliphatic heterocycles. The fourth-order valence-corrected chi connectivity index (χ4v) is 7.74. The summed E-state index contributed by atoms with van der Waals surface area (Å²) in [4.78, 5) is 0. The van der Waals surface area contributed by atoms with Gasteiger partial charge in [-0.25, -0.2) is 0 Å². The maximum absolute atomic E-state index is 3.85. The Balaban J connectivity index is 1.24. The fourth-order valence-electron chi connectivity index (χ4n) is 7.74. The van der Waals surface area contributed by atoms with Crippen LogP contribution >= 0.6 is 0 Å². The van der Waals surface area contributed by atoms with Crippen molar-refractivity contribution in [2.45, 2.75) is 0 Å². The summed E-state index contributed by atoms with van der Waals surface area (Å²) in [6.07, 6.45) is 0. The lowest BCUT2D eigenvalue weighted by Gasteiger charge is -2.21. The maximum Gasteiger partial charge on any atom is 0.0541 e. The Morgan fingerprint density at radius 1 is 0.300 bits per heavy atom. The van der Waals surface area contributed by atoms with Crippen molar-refractivity contribution in [3.8, 4) is 61.3 Å². The van der Waals surface area contributed by atoms with E-state index in [1.165, 1.54) is 71.9 Å². The lowest BCUT2D eigenvalue weighted by Crippen LogP contribution is -2.01. The Morgan fingerprint density at radius 2 is 0.820 bits per heavy atom. The molecule has 2 bridgehead atoms. The quantitative estimate of drug-likeness (QED) is 0.204. The minimum absolute atomic E-state index is 1.08. The largest absolute Gasteiger partial charge is 0.355 e. The highest BCUT2D eigenvalue weighted by Gasteiger charge is 2.20. The summed E-state index contributed by atoms with van der Waals surface area (Å²) in [6.45, 7) is 0. The summed E-state index contributed by atoms with van der Waals surface area (Å²) in [5, 5.41) is 6.33. The van der Waals surface area contributed by atoms with Crippen LogP contribution in [-0.2, 0) is 0 Å². The molecule has 50 heavy (non-hydrogen) atoms. The molecule has 0 unspecified atom stereocenters. The molecule has 0 aliphatic carbocycles. The third-order valence-corrected chi connectivity index (χ3v) is 10.1. The zero-order chi connectivity index (χ0) is 33.0. The summed E-state index contributed by atoms with van der Waals surface area (Å²) < 4.78 is 2.44. The molecule has 0 saturated carbocycles. The van der Waals surface area contributed by atoms with Crippen molar-refractivity contribution in [3.05, 3.63) is 188 Å². The maximum atomic E-state index is 3.85. The number of nitrogens with zero attached hydrogens (tertiary/aromatic N) is 1. The SMILES string of the molecule is c1ccc(-c2ccc3c(c2)c2cc(-c4ccccc4)ccc2n3-c2ccc3c(c2)-c2ccccc2-c2cccc(c2)-c2ccccc2N3)cc1. The monoisotopic (exact) mass is 636 g/mol. The number of fused-ring (bicyclic) bond motifs is 11. The summed E-state index contributed by atoms with van der Waals surface area (Å²) in [7, 11) is 0. The molecule has 0 radical (unpaired) electrons. The highest BCUT2D eigenvalue weighted by Crippen LogP contribution is 2.44. The molecule has 1 aromatic heterocycles. The standard InChI is InChI=1S/C48H32N2/c1-3-12-32(13-4-1)34-22-26-47-43(29-34)44-30-35(33-14-5-2-6-15-33)23-27-48(44)50(47)38-24-25-46-42(31-38)41-20-8-7-18-39(41)36-16-11-17-37(28-36)40-19-9-10-21-45(40)49-46/h1-31,49H. The van der Waals surface area contributed by atoms with Gasteiger partial charge < -0.3 is 9.88 Å². The number of hydrogen-bond donors (Lipinski definition) is 1. The molecule has 8 aromatic carbocycles. The van der Waals surface area contributed by atoms with Crippen LogP contribution < -0.4 is 5.32 Å². The van der Waals surface area contributed by atoms with Crippen LogP contribution in [0.1, 0.15) is 0 Å². The molecule has 2 nitrogen and oxygen atoms in total. The summed E-state index contributed by atoms with van der Waals surface area (Å²) in [5.74, 6) is 0. The normalized spacial score (nSPS) is 11.8. The van der Waals surface area contributed by atoms with E-state index in [9.17, 15) is 0 Å². The molecule has 0 saturated heterocycles. The Hall–Kier alpha value is -6.64. The van der Waals surface area contributed by atoms with Gasteiger partial charge in [-0.1, -0.05) is 133 Å². The molecule has 2 heteroatoms. The minimum atomic E-state index is 1.08. The second-order valence-corrected chi connectivity index (χ2v) is 13.1. The lowest BCUT2D eigenvalue weighted by atomic mass is 9.90. The van der Waals surface area contributed by atoms with E-state index in [4.69, 9.17) is 0 Å². The van der Waals surface area contributed by atoms with Gasteiger partial charge in [0, 0.05) is 39.0 Å². The van der Waals surface area contributed by atoms with Gasteiger partial charge in [-0.2, -0.15) is 0 Å². The Morgan fingerprint density at radius 3 is 1.48 bits per heavy atom. The van der Waals surface area contributed by atoms with Crippen molar-refractivity contribution >= 4 is 33.2 Å². The first-order valence-electron chi connectivity index (χ1n) is 17.2. The van der Waals surface area contributed by atoms with Crippen molar-refractivity contribution in [2.75, 3.05) is 5.32 Å². The van der Waals surface area contributed by atoms with Crippen molar-refractivity contribution in [1.82, 2.24) is 4.57 Å². The lowest BCUT2D eigenvalue weighted by molar-refractivity contribution is 1.18. The van der Waals surface area contributed by atoms with Gasteiger partial charge in [0.15, 0.2) is 0 Å². The molecule has 2 heterocycles. The first kappa shape index (κ1) is 28.4. The van der Waals surface area contributed by atoms with Crippen LogP contribution in [0.25, 0.3) is 83.1 Å². The van der Waals surface area contributed by atoms with Crippen molar-refractivity contribution in [2.24, 2.45) is 0 Å². The Kier molecular flexibility index (Phi) is 6.53. The van der Waals surface area contributed by atoms with E-state index in [-0.39, 0.29) is 0 Å². The average Bonchev–Trinajstić information content (AvgIpc) is 3.52. The fraction of sp³-hybridized carbons (Fsp3) is 0. The van der Waals surface area contributed by atoms with Gasteiger partial charge in [-0.15, -0.1) is 0 Å². The summed E-state index contributed by atoms with van der Waals surface area (Å²) in [6, 6.07) is 68.3. The van der Waals surface area contributed by atoms with Gasteiger partial charge in [-0.3, -0.25) is 0 Å². The van der Waals surface area contributed by atoms with Gasteiger partial charge in [-0.05, 0) is 99.1 Å². The zero-order valence-corrected chi connectivity index (χ0v) is 27.3. The van der Waals surface area contributed by atoms with Crippen LogP contribution in [0.2, 0.25) is 0 Å². The van der Waals surface area contributed by atoms with Gasteiger partial charge in [0.25, 0.3) is 0 Å². The average molecular weight is 637 g/mol. The molecule has 0 atom stereocenters. The molecule has 1 aliphatic rings. The predicted molar refractivity (Wildman–Crippen MR) is 211 cm³/mol. The molecular weight excluding hydrogens is 605 g/mol. The highest BCUT2D eigenvalue weighted by molar-refractivity contribution is 6.12. The van der Waals surface area contributed by atoms with E-state index in [0.717, 1.165) is 22.6 Å². The molecule has 0 spiro atoms. The van der Waals surface area contributed by atoms with Crippen LogP contribution in [0, 0.1) is 0 Å². The number of hydrogen-bond acceptors (Lipinski definition) is 1. The van der Waals surface area contributed by atoms with Crippen molar-refractivity contribution in [3.63, 3.8) is 0 Å². The number of aromatic nitrogens is 1. The van der Waals surface area contributed by atoms with Crippen LogP contribution in [0.4, 0.5) is 11.4 Å². The van der Waals surface area contributed by atoms with Gasteiger partial charge in [0.2, 0.25) is 0 Å². The van der Waals surface area contributed by atoms with Crippen molar-refractivity contribution < 1.29 is 0 Å². The third kappa shape index (κ3) is 4.65. The molecular formula is C48H32N2. The van der Waals surface area contributed by atoms with Gasteiger partial charge >= 0.3 is 0 Å². The number of para-hydroxylation sites is 1. The highest BCUT2D eigenvalue weighted by atomic mass is 15.0. The van der Waals surface area contributed by atoms with Gasteiger partial charge in [0.1, 0.15) is 0 Å². The second-order valence-electron chi connectivity index (χ2n) is 13.1. The molecule has 0 amide bonds. The van der Waals surface area contributed by atoms with E-state index in [1.54, 1.807) is 0 Å². The zero-order valence-electron chi connectivity index (χ0n) is 27.3. The van der Waals surface area contributed by atoms with Crippen LogP contribution in [0.3, 0.4) is 0 Å². The van der Waals surface area contributed by atoms with E-state index < -0.39 is 0 Å². The smallest absolute Gasteiger partial charge is 0.0541 e. The number of benzene rings is 8. The van der Waals surface area contributed by atoms with Crippen LogP contribution in [0.5, 0.6) is 0 Å². The molecule has 9 aromatic rings. The number of anilines is 2.